The van der Waals surface area contributed by atoms with Crippen LogP contribution in [0.15, 0.2) is 42.6 Å². The molecule has 3 aromatic rings. The number of carbonyl (C=O) groups is 1. The number of nitrogens with zero attached hydrogens (tertiary/aromatic N) is 5. The zero-order valence-corrected chi connectivity index (χ0v) is 18.3. The summed E-state index contributed by atoms with van der Waals surface area (Å²) >= 11 is 6.21. The van der Waals surface area contributed by atoms with E-state index >= 15 is 0 Å². The number of hydrogen-bond donors (Lipinski definition) is 0. The molecule has 168 valence electrons. The van der Waals surface area contributed by atoms with Crippen LogP contribution in [0, 0.1) is 13.8 Å². The molecule has 1 saturated heterocycles. The molecule has 0 spiro atoms. The van der Waals surface area contributed by atoms with E-state index in [2.05, 4.69) is 10.1 Å². The molecule has 6 nitrogen and oxygen atoms in total. The van der Waals surface area contributed by atoms with Crippen LogP contribution in [0.25, 0.3) is 5.69 Å². The van der Waals surface area contributed by atoms with Gasteiger partial charge in [-0.1, -0.05) is 11.6 Å². The van der Waals surface area contributed by atoms with E-state index in [1.807, 2.05) is 30.9 Å². The van der Waals surface area contributed by atoms with Crippen molar-refractivity contribution >= 4 is 23.3 Å². The minimum absolute atomic E-state index is 0.0945. The van der Waals surface area contributed by atoms with Gasteiger partial charge in [-0.05, 0) is 50.2 Å². The van der Waals surface area contributed by atoms with Crippen molar-refractivity contribution < 1.29 is 18.0 Å². The Morgan fingerprint density at radius 3 is 2.16 bits per heavy atom. The second kappa shape index (κ2) is 8.46. The number of benzene rings is 1. The molecule has 0 radical (unpaired) electrons. The van der Waals surface area contributed by atoms with Crippen molar-refractivity contribution in [3.63, 3.8) is 0 Å². The fourth-order valence-electron chi connectivity index (χ4n) is 3.68. The average Bonchev–Trinajstić information content (AvgIpc) is 3.05. The Labute approximate surface area is 188 Å². The number of halogens is 4. The van der Waals surface area contributed by atoms with Crippen molar-refractivity contribution in [2.75, 3.05) is 31.1 Å². The highest BCUT2D eigenvalue weighted by molar-refractivity contribution is 6.31. The molecule has 1 aliphatic rings. The van der Waals surface area contributed by atoms with Gasteiger partial charge < -0.3 is 9.80 Å². The average molecular weight is 464 g/mol. The number of rotatable bonds is 3. The molecular weight excluding hydrogens is 443 g/mol. The van der Waals surface area contributed by atoms with E-state index in [4.69, 9.17) is 11.6 Å². The normalized spacial score (nSPS) is 14.7. The topological polar surface area (TPSA) is 54.3 Å². The zero-order valence-electron chi connectivity index (χ0n) is 17.5. The third-order valence-electron chi connectivity index (χ3n) is 5.53. The van der Waals surface area contributed by atoms with Crippen LogP contribution in [0.4, 0.5) is 19.0 Å². The lowest BCUT2D eigenvalue weighted by Crippen LogP contribution is -2.49. The van der Waals surface area contributed by atoms with Crippen molar-refractivity contribution in [3.8, 4) is 5.69 Å². The van der Waals surface area contributed by atoms with Gasteiger partial charge in [-0.2, -0.15) is 18.3 Å². The Balaban J connectivity index is 1.39. The lowest BCUT2D eigenvalue weighted by molar-refractivity contribution is -0.137. The molecule has 0 unspecified atom stereocenters. The van der Waals surface area contributed by atoms with Gasteiger partial charge in [0.2, 0.25) is 0 Å². The van der Waals surface area contributed by atoms with Crippen molar-refractivity contribution in [1.82, 2.24) is 19.7 Å². The minimum atomic E-state index is -4.41. The number of alkyl halides is 3. The molecule has 2 aromatic heterocycles. The fraction of sp³-hybridized carbons (Fsp3) is 0.318. The Morgan fingerprint density at radius 1 is 1.00 bits per heavy atom. The third kappa shape index (κ3) is 4.29. The van der Waals surface area contributed by atoms with E-state index in [0.717, 1.165) is 29.3 Å². The van der Waals surface area contributed by atoms with Crippen LogP contribution in [0.3, 0.4) is 0 Å². The molecule has 1 aliphatic heterocycles. The third-order valence-corrected chi connectivity index (χ3v) is 6.07. The van der Waals surface area contributed by atoms with Crippen LogP contribution in [0.5, 0.6) is 0 Å². The molecule has 10 heteroatoms. The molecule has 1 aromatic carbocycles. The maximum atomic E-state index is 12.9. The maximum Gasteiger partial charge on any atom is 0.417 e. The van der Waals surface area contributed by atoms with Crippen molar-refractivity contribution in [1.29, 1.82) is 0 Å². The highest BCUT2D eigenvalue weighted by Crippen LogP contribution is 2.29. The number of piperazine rings is 1. The first-order valence-electron chi connectivity index (χ1n) is 10.0. The Bertz CT molecular complexity index is 1120. The summed E-state index contributed by atoms with van der Waals surface area (Å²) in [7, 11) is 0. The number of pyridine rings is 1. The summed E-state index contributed by atoms with van der Waals surface area (Å²) in [6.07, 6.45) is -3.57. The van der Waals surface area contributed by atoms with Crippen LogP contribution in [-0.4, -0.2) is 51.8 Å². The van der Waals surface area contributed by atoms with Gasteiger partial charge in [0.25, 0.3) is 5.91 Å². The quantitative estimate of drug-likeness (QED) is 0.573. The van der Waals surface area contributed by atoms with Crippen molar-refractivity contribution in [2.45, 2.75) is 20.0 Å². The molecule has 0 aliphatic carbocycles. The van der Waals surface area contributed by atoms with Crippen molar-refractivity contribution in [2.24, 2.45) is 0 Å². The van der Waals surface area contributed by atoms with E-state index in [0.29, 0.717) is 42.6 Å². The van der Waals surface area contributed by atoms with Crippen molar-refractivity contribution in [3.05, 3.63) is 70.1 Å². The molecule has 4 rings (SSSR count). The molecule has 0 bridgehead atoms. The van der Waals surface area contributed by atoms with Gasteiger partial charge >= 0.3 is 6.18 Å². The number of aromatic nitrogens is 3. The number of carbonyl (C=O) groups excluding carboxylic acids is 1. The molecular formula is C22H21ClF3N5O. The summed E-state index contributed by atoms with van der Waals surface area (Å²) in [5.41, 5.74) is 2.16. The van der Waals surface area contributed by atoms with E-state index in [9.17, 15) is 18.0 Å². The lowest BCUT2D eigenvalue weighted by atomic mass is 10.1. The lowest BCUT2D eigenvalue weighted by Gasteiger charge is -2.35. The SMILES string of the molecule is Cc1nn(-c2ccc(C(=O)N3CCN(c4ccc(C(F)(F)F)cn4)CC3)cc2)c(C)c1Cl. The van der Waals surface area contributed by atoms with Crippen LogP contribution < -0.4 is 4.90 Å². The molecule has 1 fully saturated rings. The van der Waals surface area contributed by atoms with Gasteiger partial charge in [0.1, 0.15) is 5.82 Å². The van der Waals surface area contributed by atoms with E-state index in [1.165, 1.54) is 6.07 Å². The van der Waals surface area contributed by atoms with E-state index in [1.54, 1.807) is 21.7 Å². The molecule has 3 heterocycles. The summed E-state index contributed by atoms with van der Waals surface area (Å²) in [6.45, 7) is 5.61. The molecule has 1 amide bonds. The standard InChI is InChI=1S/C22H21ClF3N5O/c1-14-20(23)15(2)31(28-14)18-6-3-16(4-7-18)21(32)30-11-9-29(10-12-30)19-8-5-17(13-27-19)22(24,25)26/h3-8,13H,9-12H2,1-2H3. The maximum absolute atomic E-state index is 12.9. The molecule has 0 saturated carbocycles. The Kier molecular flexibility index (Phi) is 5.85. The Morgan fingerprint density at radius 2 is 1.66 bits per heavy atom. The number of aryl methyl sites for hydroxylation is 1. The largest absolute Gasteiger partial charge is 0.417 e. The van der Waals surface area contributed by atoms with E-state index in [-0.39, 0.29) is 5.91 Å². The second-order valence-electron chi connectivity index (χ2n) is 7.63. The smallest absolute Gasteiger partial charge is 0.353 e. The summed E-state index contributed by atoms with van der Waals surface area (Å²) in [5, 5.41) is 5.03. The predicted octanol–water partition coefficient (Wildman–Crippen LogP) is 4.52. The monoisotopic (exact) mass is 463 g/mol. The molecule has 0 atom stereocenters. The first kappa shape index (κ1) is 22.1. The minimum Gasteiger partial charge on any atom is -0.353 e. The molecule has 32 heavy (non-hydrogen) atoms. The number of amides is 1. The Hall–Kier alpha value is -3.07. The van der Waals surface area contributed by atoms with Gasteiger partial charge in [0, 0.05) is 37.9 Å². The highest BCUT2D eigenvalue weighted by atomic mass is 35.5. The van der Waals surface area contributed by atoms with Gasteiger partial charge in [0.15, 0.2) is 0 Å². The van der Waals surface area contributed by atoms with Crippen LogP contribution in [0.2, 0.25) is 5.02 Å². The van der Waals surface area contributed by atoms with Crippen LogP contribution in [0.1, 0.15) is 27.3 Å². The van der Waals surface area contributed by atoms with Gasteiger partial charge in [-0.25, -0.2) is 9.67 Å². The van der Waals surface area contributed by atoms with Crippen LogP contribution >= 0.6 is 11.6 Å². The zero-order chi connectivity index (χ0) is 23.0. The summed E-state index contributed by atoms with van der Waals surface area (Å²) in [6, 6.07) is 9.55. The number of anilines is 1. The van der Waals surface area contributed by atoms with E-state index < -0.39 is 11.7 Å². The summed E-state index contributed by atoms with van der Waals surface area (Å²) in [4.78, 5) is 20.4. The van der Waals surface area contributed by atoms with Gasteiger partial charge in [-0.15, -0.1) is 0 Å². The molecule has 0 N–H and O–H groups in total. The first-order chi connectivity index (χ1) is 15.1. The summed E-state index contributed by atoms with van der Waals surface area (Å²) in [5.74, 6) is 0.376. The highest BCUT2D eigenvalue weighted by Gasteiger charge is 2.31. The van der Waals surface area contributed by atoms with Crippen LogP contribution in [-0.2, 0) is 6.18 Å². The number of hydrogen-bond acceptors (Lipinski definition) is 4. The first-order valence-corrected chi connectivity index (χ1v) is 10.4. The van der Waals surface area contributed by atoms with Gasteiger partial charge in [-0.3, -0.25) is 4.79 Å². The predicted molar refractivity (Wildman–Crippen MR) is 115 cm³/mol. The summed E-state index contributed by atoms with van der Waals surface area (Å²) < 4.78 is 39.9. The van der Waals surface area contributed by atoms with Gasteiger partial charge in [0.05, 0.1) is 27.7 Å². The fourth-order valence-corrected chi connectivity index (χ4v) is 3.80. The second-order valence-corrected chi connectivity index (χ2v) is 8.00.